The number of urea groups is 1. The maximum absolute atomic E-state index is 12.6. The molecule has 0 bridgehead atoms. The Kier molecular flexibility index (Phi) is 7.33. The molecule has 0 radical (unpaired) electrons. The highest BCUT2D eigenvalue weighted by Crippen LogP contribution is 2.27. The van der Waals surface area contributed by atoms with E-state index in [1.54, 1.807) is 13.0 Å². The summed E-state index contributed by atoms with van der Waals surface area (Å²) in [4.78, 5) is 33.2. The Morgan fingerprint density at radius 2 is 1.92 bits per heavy atom. The number of aromatic nitrogens is 1. The molecule has 2 aromatic carbocycles. The van der Waals surface area contributed by atoms with Gasteiger partial charge in [-0.15, -0.1) is 0 Å². The number of anilines is 1. The first-order valence-electron chi connectivity index (χ1n) is 13.1. The summed E-state index contributed by atoms with van der Waals surface area (Å²) in [5, 5.41) is 11.2. The number of fused-ring (bicyclic) bond motifs is 2. The number of benzene rings is 2. The summed E-state index contributed by atoms with van der Waals surface area (Å²) in [7, 11) is 0. The molecule has 3 N–H and O–H groups in total. The molecule has 9 heteroatoms. The van der Waals surface area contributed by atoms with E-state index in [2.05, 4.69) is 27.0 Å². The molecule has 0 spiro atoms. The molecule has 3 heterocycles. The summed E-state index contributed by atoms with van der Waals surface area (Å²) in [6.07, 6.45) is 5.30. The van der Waals surface area contributed by atoms with Gasteiger partial charge in [0.2, 0.25) is 0 Å². The zero-order valence-corrected chi connectivity index (χ0v) is 21.6. The van der Waals surface area contributed by atoms with E-state index >= 15 is 0 Å². The number of hydrogen-bond donors (Lipinski definition) is 2. The lowest BCUT2D eigenvalue weighted by molar-refractivity contribution is 0.0786. The van der Waals surface area contributed by atoms with Gasteiger partial charge in [-0.05, 0) is 80.8 Å². The molecule has 196 valence electrons. The molecule has 1 aliphatic rings. The number of furan rings is 1. The van der Waals surface area contributed by atoms with Gasteiger partial charge >= 0.3 is 6.03 Å². The van der Waals surface area contributed by atoms with Crippen molar-refractivity contribution >= 4 is 39.5 Å². The highest BCUT2D eigenvalue weighted by molar-refractivity contribution is 6.04. The Morgan fingerprint density at radius 3 is 2.66 bits per heavy atom. The van der Waals surface area contributed by atoms with Crippen LogP contribution in [0.25, 0.3) is 21.9 Å². The van der Waals surface area contributed by atoms with Gasteiger partial charge in [0.15, 0.2) is 5.76 Å². The molecule has 4 aromatic rings. The predicted molar refractivity (Wildman–Crippen MR) is 147 cm³/mol. The van der Waals surface area contributed by atoms with Crippen molar-refractivity contribution in [1.29, 1.82) is 5.26 Å². The number of hydrogen-bond acceptors (Lipinski definition) is 6. The average molecular weight is 513 g/mol. The predicted octanol–water partition coefficient (Wildman–Crippen LogP) is 4.47. The molecule has 38 heavy (non-hydrogen) atoms. The van der Waals surface area contributed by atoms with Crippen LogP contribution in [0.5, 0.6) is 0 Å². The van der Waals surface area contributed by atoms with E-state index in [1.165, 1.54) is 5.56 Å². The lowest BCUT2D eigenvalue weighted by atomic mass is 10.1. The maximum atomic E-state index is 12.6. The van der Waals surface area contributed by atoms with Crippen molar-refractivity contribution in [1.82, 2.24) is 14.8 Å². The second-order valence-corrected chi connectivity index (χ2v) is 9.69. The summed E-state index contributed by atoms with van der Waals surface area (Å²) < 4.78 is 5.70. The first kappa shape index (κ1) is 25.4. The Labute approximate surface area is 221 Å². The number of primary amides is 1. The molecule has 1 aliphatic heterocycles. The van der Waals surface area contributed by atoms with E-state index in [0.29, 0.717) is 11.1 Å². The van der Waals surface area contributed by atoms with E-state index in [0.717, 1.165) is 78.9 Å². The van der Waals surface area contributed by atoms with Crippen LogP contribution in [-0.4, -0.2) is 66.0 Å². The van der Waals surface area contributed by atoms with Gasteiger partial charge in [-0.1, -0.05) is 0 Å². The highest BCUT2D eigenvalue weighted by Gasteiger charge is 2.23. The molecule has 2 aromatic heterocycles. The number of carbonyl (C=O) groups excluding carboxylic acids is 2. The van der Waals surface area contributed by atoms with Gasteiger partial charge in [0.25, 0.3) is 5.91 Å². The number of aryl methyl sites for hydroxylation is 1. The number of unbranched alkanes of at least 4 members (excludes halogenated alkanes) is 1. The van der Waals surface area contributed by atoms with Crippen LogP contribution in [0, 0.1) is 11.3 Å². The van der Waals surface area contributed by atoms with Gasteiger partial charge in [-0.2, -0.15) is 5.26 Å². The second-order valence-electron chi connectivity index (χ2n) is 9.69. The highest BCUT2D eigenvalue weighted by atomic mass is 16.3. The summed E-state index contributed by atoms with van der Waals surface area (Å²) >= 11 is 0. The van der Waals surface area contributed by atoms with Gasteiger partial charge in [-0.25, -0.2) is 4.79 Å². The molecular weight excluding hydrogens is 480 g/mol. The number of carbonyl (C=O) groups is 2. The molecule has 0 saturated carbocycles. The van der Waals surface area contributed by atoms with Crippen LogP contribution in [0.1, 0.15) is 41.4 Å². The zero-order chi connectivity index (χ0) is 26.6. The van der Waals surface area contributed by atoms with Gasteiger partial charge < -0.3 is 20.0 Å². The van der Waals surface area contributed by atoms with Gasteiger partial charge in [0.05, 0.1) is 11.6 Å². The van der Waals surface area contributed by atoms with Crippen molar-refractivity contribution in [2.45, 2.75) is 26.2 Å². The standard InChI is InChI=1S/C29H32N6O3/c1-2-35(29(31)37)28(36)27-17-22-16-23(7-9-26(22)38-27)34-13-11-33(12-14-34)10-4-3-5-21-19-32-25-8-6-20(18-30)15-24(21)25/h6-9,15-17,19,32H,2-5,10-14H2,1H3,(H2,31,37). The first-order chi connectivity index (χ1) is 18.5. The quantitative estimate of drug-likeness (QED) is 0.336. The zero-order valence-electron chi connectivity index (χ0n) is 21.6. The number of piperazine rings is 1. The molecule has 1 saturated heterocycles. The molecule has 0 unspecified atom stereocenters. The SMILES string of the molecule is CCN(C(N)=O)C(=O)c1cc2cc(N3CCN(CCCCc4c[nH]c5ccc(C#N)cc45)CC3)ccc2o1. The fraction of sp³-hybridized carbons (Fsp3) is 0.345. The third-order valence-corrected chi connectivity index (χ3v) is 7.34. The van der Waals surface area contributed by atoms with Crippen molar-refractivity contribution in [3.8, 4) is 6.07 Å². The summed E-state index contributed by atoms with van der Waals surface area (Å²) in [5.41, 5.74) is 10.1. The van der Waals surface area contributed by atoms with Crippen LogP contribution in [0.3, 0.4) is 0 Å². The number of nitriles is 1. The Bertz CT molecular complexity index is 1510. The number of nitrogens with one attached hydrogen (secondary N) is 1. The van der Waals surface area contributed by atoms with Gasteiger partial charge in [-0.3, -0.25) is 14.6 Å². The first-order valence-corrected chi connectivity index (χ1v) is 13.1. The van der Waals surface area contributed by atoms with Crippen LogP contribution in [0.15, 0.2) is 53.1 Å². The molecular formula is C29H32N6O3. The third-order valence-electron chi connectivity index (χ3n) is 7.34. The molecule has 5 rings (SSSR count). The maximum Gasteiger partial charge on any atom is 0.321 e. The number of nitrogens with two attached hydrogens (primary N) is 1. The van der Waals surface area contributed by atoms with Crippen molar-refractivity contribution in [2.75, 3.05) is 44.2 Å². The topological polar surface area (TPSA) is 123 Å². The Hall–Kier alpha value is -4.29. The summed E-state index contributed by atoms with van der Waals surface area (Å²) in [6.45, 7) is 6.80. The number of rotatable bonds is 8. The molecule has 3 amide bonds. The minimum atomic E-state index is -0.788. The molecule has 9 nitrogen and oxygen atoms in total. The second kappa shape index (κ2) is 11.0. The smallest absolute Gasteiger partial charge is 0.321 e. The van der Waals surface area contributed by atoms with Crippen molar-refractivity contribution in [3.63, 3.8) is 0 Å². The minimum absolute atomic E-state index is 0.112. The van der Waals surface area contributed by atoms with Crippen LogP contribution in [-0.2, 0) is 6.42 Å². The normalized spacial score (nSPS) is 14.2. The van der Waals surface area contributed by atoms with Gasteiger partial charge in [0.1, 0.15) is 5.58 Å². The number of nitrogens with zero attached hydrogens (tertiary/aromatic N) is 4. The monoisotopic (exact) mass is 512 g/mol. The fourth-order valence-corrected chi connectivity index (χ4v) is 5.20. The Balaban J connectivity index is 1.12. The largest absolute Gasteiger partial charge is 0.451 e. The lowest BCUT2D eigenvalue weighted by Crippen LogP contribution is -2.46. The van der Waals surface area contributed by atoms with Crippen molar-refractivity contribution in [3.05, 3.63) is 65.5 Å². The van der Waals surface area contributed by atoms with Crippen LogP contribution in [0.2, 0.25) is 0 Å². The van der Waals surface area contributed by atoms with Crippen LogP contribution in [0.4, 0.5) is 10.5 Å². The van der Waals surface area contributed by atoms with E-state index in [4.69, 9.17) is 10.2 Å². The number of amides is 3. The molecule has 1 fully saturated rings. The number of aromatic amines is 1. The molecule has 0 aliphatic carbocycles. The van der Waals surface area contributed by atoms with Crippen molar-refractivity contribution in [2.24, 2.45) is 5.73 Å². The lowest BCUT2D eigenvalue weighted by Gasteiger charge is -2.36. The Morgan fingerprint density at radius 1 is 1.11 bits per heavy atom. The van der Waals surface area contributed by atoms with E-state index in [-0.39, 0.29) is 12.3 Å². The summed E-state index contributed by atoms with van der Waals surface area (Å²) in [6, 6.07) is 14.8. The van der Waals surface area contributed by atoms with Crippen LogP contribution >= 0.6 is 0 Å². The number of imide groups is 1. The number of H-pyrrole nitrogens is 1. The van der Waals surface area contributed by atoms with Gasteiger partial charge in [0, 0.05) is 60.9 Å². The summed E-state index contributed by atoms with van der Waals surface area (Å²) in [5.74, 6) is -0.413. The van der Waals surface area contributed by atoms with E-state index in [1.807, 2.05) is 36.4 Å². The van der Waals surface area contributed by atoms with E-state index in [9.17, 15) is 14.9 Å². The molecule has 0 atom stereocenters. The fourth-order valence-electron chi connectivity index (χ4n) is 5.20. The van der Waals surface area contributed by atoms with Crippen molar-refractivity contribution < 1.29 is 14.0 Å². The average Bonchev–Trinajstić information content (AvgIpc) is 3.55. The third kappa shape index (κ3) is 5.22. The van der Waals surface area contributed by atoms with E-state index < -0.39 is 11.9 Å². The minimum Gasteiger partial charge on any atom is -0.451 e. The van der Waals surface area contributed by atoms with Crippen LogP contribution < -0.4 is 10.6 Å².